The highest BCUT2D eigenvalue weighted by Crippen LogP contribution is 2.26. The maximum Gasteiger partial charge on any atom is 0.172 e. The molecule has 0 saturated heterocycles. The number of hydrogen-bond acceptors (Lipinski definition) is 3. The number of aryl methyl sites for hydroxylation is 2. The van der Waals surface area contributed by atoms with Gasteiger partial charge in [0.15, 0.2) is 6.29 Å². The Morgan fingerprint density at radius 1 is 1.11 bits per heavy atom. The van der Waals surface area contributed by atoms with E-state index in [1.165, 1.54) is 0 Å². The normalized spacial score (nSPS) is 11.6. The van der Waals surface area contributed by atoms with Crippen LogP contribution in [0.1, 0.15) is 48.1 Å². The molecule has 100 valence electrons. The molecule has 0 amide bonds. The first-order chi connectivity index (χ1) is 8.82. The molecule has 0 atom stereocenters. The number of nitrogens with zero attached hydrogens (tertiary/aromatic N) is 3. The molecule has 0 N–H and O–H groups in total. The van der Waals surface area contributed by atoms with E-state index >= 15 is 0 Å². The van der Waals surface area contributed by atoms with Crippen LogP contribution in [-0.4, -0.2) is 21.3 Å². The molecule has 1 aromatic heterocycles. The highest BCUT2D eigenvalue weighted by molar-refractivity contribution is 5.74. The summed E-state index contributed by atoms with van der Waals surface area (Å²) in [5.41, 5.74) is 4.33. The average molecular weight is 257 g/mol. The summed E-state index contributed by atoms with van der Waals surface area (Å²) in [4.78, 5) is 11.1. The monoisotopic (exact) mass is 257 g/mol. The summed E-state index contributed by atoms with van der Waals surface area (Å²) >= 11 is 0. The first-order valence-corrected chi connectivity index (χ1v) is 6.33. The lowest BCUT2D eigenvalue weighted by molar-refractivity contribution is 0.111. The van der Waals surface area contributed by atoms with Gasteiger partial charge in [0.25, 0.3) is 0 Å². The molecular weight excluding hydrogens is 238 g/mol. The van der Waals surface area contributed by atoms with E-state index in [0.29, 0.717) is 5.69 Å². The molecule has 0 aliphatic carbocycles. The van der Waals surface area contributed by atoms with Gasteiger partial charge in [0.1, 0.15) is 5.69 Å². The number of carbonyl (C=O) groups is 1. The van der Waals surface area contributed by atoms with E-state index in [4.69, 9.17) is 0 Å². The summed E-state index contributed by atoms with van der Waals surface area (Å²) in [6.45, 7) is 10.3. The average Bonchev–Trinajstić information content (AvgIpc) is 2.70. The maximum absolute atomic E-state index is 11.1. The van der Waals surface area contributed by atoms with Gasteiger partial charge in [-0.3, -0.25) is 4.79 Å². The van der Waals surface area contributed by atoms with Gasteiger partial charge in [0, 0.05) is 5.41 Å². The molecule has 1 heterocycles. The Bertz CT molecular complexity index is 601. The molecule has 4 heteroatoms. The molecule has 2 rings (SSSR count). The van der Waals surface area contributed by atoms with Crippen LogP contribution in [-0.2, 0) is 5.41 Å². The van der Waals surface area contributed by atoms with Gasteiger partial charge >= 0.3 is 0 Å². The standard InChI is InChI=1S/C15H19N3O/c1-10-6-11(2)8-12(7-10)18-14(15(3,4)5)13(9-19)16-17-18/h6-9H,1-5H3. The number of rotatable bonds is 2. The summed E-state index contributed by atoms with van der Waals surface area (Å²) in [5.74, 6) is 0. The van der Waals surface area contributed by atoms with Crippen molar-refractivity contribution in [2.24, 2.45) is 0 Å². The van der Waals surface area contributed by atoms with Crippen molar-refractivity contribution in [1.29, 1.82) is 0 Å². The number of benzene rings is 1. The van der Waals surface area contributed by atoms with Crippen molar-refractivity contribution in [2.45, 2.75) is 40.0 Å². The fourth-order valence-electron chi connectivity index (χ4n) is 2.33. The van der Waals surface area contributed by atoms with Crippen molar-refractivity contribution in [3.8, 4) is 5.69 Å². The highest BCUT2D eigenvalue weighted by atomic mass is 16.1. The Labute approximate surface area is 113 Å². The molecule has 0 spiro atoms. The van der Waals surface area contributed by atoms with Crippen LogP contribution in [0.2, 0.25) is 0 Å². The SMILES string of the molecule is Cc1cc(C)cc(-n2nnc(C=O)c2C(C)(C)C)c1. The van der Waals surface area contributed by atoms with E-state index in [1.807, 2.05) is 26.0 Å². The lowest BCUT2D eigenvalue weighted by atomic mass is 9.90. The van der Waals surface area contributed by atoms with E-state index in [0.717, 1.165) is 28.8 Å². The maximum atomic E-state index is 11.1. The van der Waals surface area contributed by atoms with Crippen LogP contribution in [0, 0.1) is 13.8 Å². The van der Waals surface area contributed by atoms with E-state index < -0.39 is 0 Å². The van der Waals surface area contributed by atoms with E-state index in [1.54, 1.807) is 4.68 Å². The van der Waals surface area contributed by atoms with Gasteiger partial charge in [-0.1, -0.05) is 32.1 Å². The van der Waals surface area contributed by atoms with Crippen LogP contribution in [0.3, 0.4) is 0 Å². The molecule has 0 unspecified atom stereocenters. The third-order valence-corrected chi connectivity index (χ3v) is 2.97. The van der Waals surface area contributed by atoms with Gasteiger partial charge in [0.05, 0.1) is 11.4 Å². The number of carbonyl (C=O) groups excluding carboxylic acids is 1. The number of aldehydes is 1. The quantitative estimate of drug-likeness (QED) is 0.777. The summed E-state index contributed by atoms with van der Waals surface area (Å²) in [5, 5.41) is 8.12. The molecular formula is C15H19N3O. The van der Waals surface area contributed by atoms with Crippen molar-refractivity contribution in [2.75, 3.05) is 0 Å². The second-order valence-corrected chi connectivity index (χ2v) is 5.95. The van der Waals surface area contributed by atoms with Crippen molar-refractivity contribution in [3.63, 3.8) is 0 Å². The Hall–Kier alpha value is -1.97. The van der Waals surface area contributed by atoms with Gasteiger partial charge in [-0.05, 0) is 37.1 Å². The summed E-state index contributed by atoms with van der Waals surface area (Å²) in [6, 6.07) is 6.20. The number of aromatic nitrogens is 3. The smallest absolute Gasteiger partial charge is 0.172 e. The third kappa shape index (κ3) is 2.57. The molecule has 2 aromatic rings. The van der Waals surface area contributed by atoms with Crippen LogP contribution in [0.15, 0.2) is 18.2 Å². The predicted molar refractivity (Wildman–Crippen MR) is 74.9 cm³/mol. The van der Waals surface area contributed by atoms with Crippen LogP contribution < -0.4 is 0 Å². The minimum Gasteiger partial charge on any atom is -0.296 e. The van der Waals surface area contributed by atoms with Gasteiger partial charge in [-0.15, -0.1) is 5.10 Å². The van der Waals surface area contributed by atoms with Gasteiger partial charge < -0.3 is 0 Å². The first-order valence-electron chi connectivity index (χ1n) is 6.33. The summed E-state index contributed by atoms with van der Waals surface area (Å²) in [7, 11) is 0. The lowest BCUT2D eigenvalue weighted by Gasteiger charge is -2.20. The van der Waals surface area contributed by atoms with Crippen LogP contribution in [0.25, 0.3) is 5.69 Å². The zero-order valence-electron chi connectivity index (χ0n) is 12.1. The van der Waals surface area contributed by atoms with Crippen LogP contribution in [0.4, 0.5) is 0 Å². The van der Waals surface area contributed by atoms with Crippen LogP contribution >= 0.6 is 0 Å². The van der Waals surface area contributed by atoms with E-state index in [-0.39, 0.29) is 5.41 Å². The molecule has 0 fully saturated rings. The second kappa shape index (κ2) is 4.61. The molecule has 19 heavy (non-hydrogen) atoms. The fraction of sp³-hybridized carbons (Fsp3) is 0.400. The summed E-state index contributed by atoms with van der Waals surface area (Å²) in [6.07, 6.45) is 0.771. The molecule has 0 aliphatic rings. The van der Waals surface area contributed by atoms with Gasteiger partial charge in [0.2, 0.25) is 0 Å². The lowest BCUT2D eigenvalue weighted by Crippen LogP contribution is -2.19. The topological polar surface area (TPSA) is 47.8 Å². The zero-order valence-corrected chi connectivity index (χ0v) is 12.1. The highest BCUT2D eigenvalue weighted by Gasteiger charge is 2.25. The predicted octanol–water partition coefficient (Wildman–Crippen LogP) is 2.99. The molecule has 0 aliphatic heterocycles. The Morgan fingerprint density at radius 2 is 1.68 bits per heavy atom. The molecule has 4 nitrogen and oxygen atoms in total. The Balaban J connectivity index is 2.69. The molecule has 0 radical (unpaired) electrons. The van der Waals surface area contributed by atoms with Crippen LogP contribution in [0.5, 0.6) is 0 Å². The Kier molecular flexibility index (Phi) is 3.27. The van der Waals surface area contributed by atoms with Gasteiger partial charge in [-0.2, -0.15) is 0 Å². The first kappa shape index (κ1) is 13.5. The molecule has 0 bridgehead atoms. The minimum atomic E-state index is -0.197. The molecule has 0 saturated carbocycles. The van der Waals surface area contributed by atoms with Gasteiger partial charge in [-0.25, -0.2) is 4.68 Å². The van der Waals surface area contributed by atoms with Crippen molar-refractivity contribution < 1.29 is 4.79 Å². The Morgan fingerprint density at radius 3 is 2.16 bits per heavy atom. The van der Waals surface area contributed by atoms with Crippen molar-refractivity contribution in [3.05, 3.63) is 40.7 Å². The second-order valence-electron chi connectivity index (χ2n) is 5.95. The third-order valence-electron chi connectivity index (χ3n) is 2.97. The van der Waals surface area contributed by atoms with E-state index in [9.17, 15) is 4.79 Å². The van der Waals surface area contributed by atoms with Crippen molar-refractivity contribution in [1.82, 2.24) is 15.0 Å². The number of hydrogen-bond donors (Lipinski definition) is 0. The minimum absolute atomic E-state index is 0.197. The largest absolute Gasteiger partial charge is 0.296 e. The van der Waals surface area contributed by atoms with E-state index in [2.05, 4.69) is 37.1 Å². The fourth-order valence-corrected chi connectivity index (χ4v) is 2.33. The molecule has 1 aromatic carbocycles. The zero-order chi connectivity index (χ0) is 14.2. The van der Waals surface area contributed by atoms with Crippen molar-refractivity contribution >= 4 is 6.29 Å². The summed E-state index contributed by atoms with van der Waals surface area (Å²) < 4.78 is 1.77.